The second-order valence-corrected chi connectivity index (χ2v) is 7.39. The van der Waals surface area contributed by atoms with Gasteiger partial charge in [0.15, 0.2) is 0 Å². The van der Waals surface area contributed by atoms with Gasteiger partial charge >= 0.3 is 6.09 Å². The predicted octanol–water partition coefficient (Wildman–Crippen LogP) is 2.69. The summed E-state index contributed by atoms with van der Waals surface area (Å²) in [7, 11) is 0. The molecule has 0 radical (unpaired) electrons. The summed E-state index contributed by atoms with van der Waals surface area (Å²) >= 11 is 0. The SMILES string of the molecule is Cc1ccncc1CCCN1CCCCC1COC(=O)NC1CCOC1. The average molecular weight is 361 g/mol. The second kappa shape index (κ2) is 9.88. The summed E-state index contributed by atoms with van der Waals surface area (Å²) in [6.07, 6.45) is 10.1. The molecule has 2 atom stereocenters. The number of carbonyl (C=O) groups is 1. The molecule has 26 heavy (non-hydrogen) atoms. The van der Waals surface area contributed by atoms with Crippen molar-refractivity contribution in [1.29, 1.82) is 0 Å². The Morgan fingerprint density at radius 3 is 3.15 bits per heavy atom. The molecule has 144 valence electrons. The van der Waals surface area contributed by atoms with E-state index in [1.165, 1.54) is 24.0 Å². The first-order valence-corrected chi connectivity index (χ1v) is 9.87. The molecule has 3 heterocycles. The first-order chi connectivity index (χ1) is 12.7. The fourth-order valence-electron chi connectivity index (χ4n) is 3.80. The molecular weight excluding hydrogens is 330 g/mol. The lowest BCUT2D eigenvalue weighted by Gasteiger charge is -2.35. The molecule has 0 aliphatic carbocycles. The molecule has 1 aromatic heterocycles. The van der Waals surface area contributed by atoms with Crippen molar-refractivity contribution in [3.63, 3.8) is 0 Å². The highest BCUT2D eigenvalue weighted by Crippen LogP contribution is 2.19. The number of nitrogens with zero attached hydrogens (tertiary/aromatic N) is 2. The first-order valence-electron chi connectivity index (χ1n) is 9.87. The van der Waals surface area contributed by atoms with Crippen molar-refractivity contribution in [3.8, 4) is 0 Å². The van der Waals surface area contributed by atoms with Crippen molar-refractivity contribution in [3.05, 3.63) is 29.6 Å². The Bertz CT molecular complexity index is 575. The highest BCUT2D eigenvalue weighted by molar-refractivity contribution is 5.67. The Labute approximate surface area is 156 Å². The van der Waals surface area contributed by atoms with Crippen LogP contribution in [0.25, 0.3) is 0 Å². The minimum Gasteiger partial charge on any atom is -0.448 e. The van der Waals surface area contributed by atoms with Crippen LogP contribution in [0, 0.1) is 6.92 Å². The minimum atomic E-state index is -0.308. The summed E-state index contributed by atoms with van der Waals surface area (Å²) in [6.45, 7) is 6.07. The van der Waals surface area contributed by atoms with E-state index in [9.17, 15) is 4.79 Å². The largest absolute Gasteiger partial charge is 0.448 e. The fraction of sp³-hybridized carbons (Fsp3) is 0.700. The Morgan fingerprint density at radius 2 is 2.35 bits per heavy atom. The number of hydrogen-bond donors (Lipinski definition) is 1. The van der Waals surface area contributed by atoms with Crippen LogP contribution in [-0.4, -0.2) is 61.0 Å². The molecule has 2 aliphatic heterocycles. The van der Waals surface area contributed by atoms with Gasteiger partial charge in [0.1, 0.15) is 6.61 Å². The molecular formula is C20H31N3O3. The van der Waals surface area contributed by atoms with E-state index in [-0.39, 0.29) is 12.1 Å². The summed E-state index contributed by atoms with van der Waals surface area (Å²) in [6, 6.07) is 2.51. The number of pyridine rings is 1. The highest BCUT2D eigenvalue weighted by atomic mass is 16.6. The number of aryl methyl sites for hydroxylation is 2. The Kier molecular flexibility index (Phi) is 7.26. The number of nitrogens with one attached hydrogen (secondary N) is 1. The van der Waals surface area contributed by atoms with E-state index < -0.39 is 0 Å². The molecule has 0 bridgehead atoms. The van der Waals surface area contributed by atoms with Crippen molar-refractivity contribution in [2.45, 2.75) is 57.5 Å². The number of amides is 1. The molecule has 0 aromatic carbocycles. The maximum absolute atomic E-state index is 12.0. The van der Waals surface area contributed by atoms with Gasteiger partial charge in [-0.05, 0) is 69.3 Å². The molecule has 1 aromatic rings. The third kappa shape index (κ3) is 5.68. The summed E-state index contributed by atoms with van der Waals surface area (Å²) < 4.78 is 10.8. The van der Waals surface area contributed by atoms with Crippen LogP contribution in [0.1, 0.15) is 43.2 Å². The maximum Gasteiger partial charge on any atom is 0.407 e. The summed E-state index contributed by atoms with van der Waals surface area (Å²) in [5.41, 5.74) is 2.64. The van der Waals surface area contributed by atoms with Crippen LogP contribution in [0.2, 0.25) is 0 Å². The van der Waals surface area contributed by atoms with Gasteiger partial charge in [-0.2, -0.15) is 0 Å². The number of rotatable bonds is 7. The van der Waals surface area contributed by atoms with E-state index in [4.69, 9.17) is 9.47 Å². The monoisotopic (exact) mass is 361 g/mol. The van der Waals surface area contributed by atoms with Gasteiger partial charge in [0.25, 0.3) is 0 Å². The lowest BCUT2D eigenvalue weighted by atomic mass is 10.0. The molecule has 0 spiro atoms. The van der Waals surface area contributed by atoms with Gasteiger partial charge in [-0.25, -0.2) is 4.79 Å². The number of hydrogen-bond acceptors (Lipinski definition) is 5. The molecule has 1 amide bonds. The molecule has 0 saturated carbocycles. The van der Waals surface area contributed by atoms with Crippen LogP contribution < -0.4 is 5.32 Å². The zero-order valence-electron chi connectivity index (χ0n) is 15.8. The van der Waals surface area contributed by atoms with Gasteiger partial charge in [-0.3, -0.25) is 9.88 Å². The zero-order valence-corrected chi connectivity index (χ0v) is 15.8. The predicted molar refractivity (Wildman–Crippen MR) is 100 cm³/mol. The lowest BCUT2D eigenvalue weighted by molar-refractivity contribution is 0.0660. The molecule has 2 aliphatic rings. The smallest absolute Gasteiger partial charge is 0.407 e. The van der Waals surface area contributed by atoms with E-state index in [0.717, 1.165) is 45.4 Å². The second-order valence-electron chi connectivity index (χ2n) is 7.39. The molecule has 2 saturated heterocycles. The lowest BCUT2D eigenvalue weighted by Crippen LogP contribution is -2.45. The fourth-order valence-corrected chi connectivity index (χ4v) is 3.80. The molecule has 1 N–H and O–H groups in total. The van der Waals surface area contributed by atoms with Gasteiger partial charge in [-0.15, -0.1) is 0 Å². The Balaban J connectivity index is 1.40. The number of aromatic nitrogens is 1. The quantitative estimate of drug-likeness (QED) is 0.809. The summed E-state index contributed by atoms with van der Waals surface area (Å²) in [5, 5.41) is 2.89. The van der Waals surface area contributed by atoms with Gasteiger partial charge in [0.05, 0.1) is 12.6 Å². The number of carbonyl (C=O) groups excluding carboxylic acids is 1. The van der Waals surface area contributed by atoms with E-state index in [1.807, 2.05) is 12.4 Å². The number of ether oxygens (including phenoxy) is 2. The molecule has 2 fully saturated rings. The van der Waals surface area contributed by atoms with Crippen LogP contribution >= 0.6 is 0 Å². The third-order valence-electron chi connectivity index (χ3n) is 5.45. The van der Waals surface area contributed by atoms with Crippen molar-refractivity contribution in [1.82, 2.24) is 15.2 Å². The Morgan fingerprint density at radius 1 is 1.42 bits per heavy atom. The van der Waals surface area contributed by atoms with E-state index in [2.05, 4.69) is 28.2 Å². The minimum absolute atomic E-state index is 0.104. The third-order valence-corrected chi connectivity index (χ3v) is 5.45. The molecule has 3 rings (SSSR count). The number of likely N-dealkylation sites (tertiary alicyclic amines) is 1. The maximum atomic E-state index is 12.0. The van der Waals surface area contributed by atoms with Gasteiger partial charge in [0.2, 0.25) is 0 Å². The van der Waals surface area contributed by atoms with E-state index in [1.54, 1.807) is 0 Å². The molecule has 6 heteroatoms. The van der Waals surface area contributed by atoms with Crippen LogP contribution in [0.4, 0.5) is 4.79 Å². The van der Waals surface area contributed by atoms with Crippen LogP contribution in [-0.2, 0) is 15.9 Å². The number of piperidine rings is 1. The van der Waals surface area contributed by atoms with Crippen LogP contribution in [0.5, 0.6) is 0 Å². The first kappa shape index (κ1) is 19.1. The van der Waals surface area contributed by atoms with E-state index in [0.29, 0.717) is 19.3 Å². The van der Waals surface area contributed by atoms with Crippen molar-refractivity contribution >= 4 is 6.09 Å². The van der Waals surface area contributed by atoms with Gasteiger partial charge in [0, 0.05) is 25.0 Å². The summed E-state index contributed by atoms with van der Waals surface area (Å²) in [4.78, 5) is 18.7. The standard InChI is InChI=1S/C20H31N3O3/c1-16-7-9-21-13-17(16)5-4-11-23-10-3-2-6-19(23)15-26-20(24)22-18-8-12-25-14-18/h7,9,13,18-19H,2-6,8,10-12,14-15H2,1H3,(H,22,24). The topological polar surface area (TPSA) is 63.7 Å². The molecule has 2 unspecified atom stereocenters. The van der Waals surface area contributed by atoms with Gasteiger partial charge in [-0.1, -0.05) is 6.42 Å². The Hall–Kier alpha value is -1.66. The highest BCUT2D eigenvalue weighted by Gasteiger charge is 2.24. The average Bonchev–Trinajstić information content (AvgIpc) is 3.15. The van der Waals surface area contributed by atoms with E-state index >= 15 is 0 Å². The zero-order chi connectivity index (χ0) is 18.2. The van der Waals surface area contributed by atoms with Crippen molar-refractivity contribution < 1.29 is 14.3 Å². The van der Waals surface area contributed by atoms with Crippen molar-refractivity contribution in [2.75, 3.05) is 32.9 Å². The summed E-state index contributed by atoms with van der Waals surface area (Å²) in [5.74, 6) is 0. The van der Waals surface area contributed by atoms with Gasteiger partial charge < -0.3 is 14.8 Å². The van der Waals surface area contributed by atoms with Crippen LogP contribution in [0.3, 0.4) is 0 Å². The van der Waals surface area contributed by atoms with Crippen LogP contribution in [0.15, 0.2) is 18.5 Å². The molecule has 6 nitrogen and oxygen atoms in total. The normalized spacial score (nSPS) is 23.7. The number of alkyl carbamates (subject to hydrolysis) is 1. The van der Waals surface area contributed by atoms with Crippen molar-refractivity contribution in [2.24, 2.45) is 0 Å².